The molecular weight excluding hydrogens is 313 g/mol. The zero-order chi connectivity index (χ0) is 15.4. The van der Waals surface area contributed by atoms with Crippen LogP contribution in [0.2, 0.25) is 10.0 Å². The SMILES string of the molecule is Cc1ccnc(NC(=O)C(=O)Nc2cc(Cl)cc(Cl)c2)c1. The average molecular weight is 324 g/mol. The van der Waals surface area contributed by atoms with E-state index in [9.17, 15) is 9.59 Å². The number of nitrogens with one attached hydrogen (secondary N) is 2. The minimum Gasteiger partial charge on any atom is -0.318 e. The summed E-state index contributed by atoms with van der Waals surface area (Å²) in [7, 11) is 0. The number of hydrogen-bond donors (Lipinski definition) is 2. The molecule has 0 aliphatic carbocycles. The van der Waals surface area contributed by atoms with Gasteiger partial charge in [-0.1, -0.05) is 23.2 Å². The van der Waals surface area contributed by atoms with Gasteiger partial charge in [0, 0.05) is 21.9 Å². The molecule has 21 heavy (non-hydrogen) atoms. The van der Waals surface area contributed by atoms with Gasteiger partial charge in [0.2, 0.25) is 0 Å². The lowest BCUT2D eigenvalue weighted by molar-refractivity contribution is -0.133. The maximum atomic E-state index is 11.8. The smallest absolute Gasteiger partial charge is 0.315 e. The lowest BCUT2D eigenvalue weighted by Crippen LogP contribution is -2.29. The predicted octanol–water partition coefficient (Wildman–Crippen LogP) is 3.27. The first-order chi connectivity index (χ1) is 9.94. The van der Waals surface area contributed by atoms with Crippen LogP contribution in [-0.2, 0) is 9.59 Å². The second kappa shape index (κ2) is 6.56. The van der Waals surface area contributed by atoms with Crippen LogP contribution >= 0.6 is 23.2 Å². The topological polar surface area (TPSA) is 71.1 Å². The van der Waals surface area contributed by atoms with Crippen molar-refractivity contribution >= 4 is 46.5 Å². The van der Waals surface area contributed by atoms with Crippen molar-refractivity contribution in [3.63, 3.8) is 0 Å². The Morgan fingerprint density at radius 1 is 1.00 bits per heavy atom. The molecule has 2 amide bonds. The van der Waals surface area contributed by atoms with Crippen LogP contribution < -0.4 is 10.6 Å². The van der Waals surface area contributed by atoms with Gasteiger partial charge in [-0.15, -0.1) is 0 Å². The molecule has 1 aromatic heterocycles. The molecule has 0 aliphatic rings. The second-order valence-electron chi connectivity index (χ2n) is 4.28. The molecule has 0 spiro atoms. The first-order valence-electron chi connectivity index (χ1n) is 5.95. The number of pyridine rings is 1. The monoisotopic (exact) mass is 323 g/mol. The molecule has 0 radical (unpaired) electrons. The van der Waals surface area contributed by atoms with Gasteiger partial charge < -0.3 is 10.6 Å². The molecule has 1 heterocycles. The number of aromatic nitrogens is 1. The molecule has 7 heteroatoms. The third kappa shape index (κ3) is 4.44. The summed E-state index contributed by atoms with van der Waals surface area (Å²) in [5.41, 5.74) is 1.26. The number of hydrogen-bond acceptors (Lipinski definition) is 3. The molecule has 2 aromatic rings. The number of benzene rings is 1. The third-order valence-electron chi connectivity index (χ3n) is 2.48. The minimum atomic E-state index is -0.836. The number of nitrogens with zero attached hydrogens (tertiary/aromatic N) is 1. The molecule has 1 aromatic carbocycles. The Labute approximate surface area is 131 Å². The number of amides is 2. The zero-order valence-corrected chi connectivity index (χ0v) is 12.5. The molecule has 0 saturated heterocycles. The van der Waals surface area contributed by atoms with Gasteiger partial charge in [-0.2, -0.15) is 0 Å². The van der Waals surface area contributed by atoms with E-state index in [1.165, 1.54) is 18.2 Å². The fraction of sp³-hybridized carbons (Fsp3) is 0.0714. The van der Waals surface area contributed by atoms with Crippen molar-refractivity contribution in [1.82, 2.24) is 4.98 Å². The van der Waals surface area contributed by atoms with E-state index in [2.05, 4.69) is 15.6 Å². The highest BCUT2D eigenvalue weighted by Gasteiger charge is 2.15. The van der Waals surface area contributed by atoms with Crippen molar-refractivity contribution in [2.45, 2.75) is 6.92 Å². The summed E-state index contributed by atoms with van der Waals surface area (Å²) in [6.07, 6.45) is 1.54. The molecule has 0 aliphatic heterocycles. The predicted molar refractivity (Wildman–Crippen MR) is 82.7 cm³/mol. The van der Waals surface area contributed by atoms with E-state index in [4.69, 9.17) is 23.2 Å². The quantitative estimate of drug-likeness (QED) is 0.833. The van der Waals surface area contributed by atoms with Gasteiger partial charge in [0.05, 0.1) is 0 Å². The molecule has 5 nitrogen and oxygen atoms in total. The summed E-state index contributed by atoms with van der Waals surface area (Å²) in [5, 5.41) is 5.53. The number of carbonyl (C=O) groups is 2. The van der Waals surface area contributed by atoms with Crippen LogP contribution in [0.15, 0.2) is 36.5 Å². The standard InChI is InChI=1S/C14H11Cl2N3O2/c1-8-2-3-17-12(4-8)19-14(21)13(20)18-11-6-9(15)5-10(16)7-11/h2-7H,1H3,(H,18,20)(H,17,19,21). The summed E-state index contributed by atoms with van der Waals surface area (Å²) < 4.78 is 0. The van der Waals surface area contributed by atoms with Crippen molar-refractivity contribution in [3.8, 4) is 0 Å². The molecule has 2 N–H and O–H groups in total. The van der Waals surface area contributed by atoms with E-state index >= 15 is 0 Å². The Morgan fingerprint density at radius 2 is 1.62 bits per heavy atom. The average Bonchev–Trinajstić information content (AvgIpc) is 2.37. The number of halogens is 2. The van der Waals surface area contributed by atoms with E-state index in [0.717, 1.165) is 5.56 Å². The van der Waals surface area contributed by atoms with Crippen molar-refractivity contribution in [2.24, 2.45) is 0 Å². The molecule has 0 saturated carbocycles. The molecule has 108 valence electrons. The summed E-state index contributed by atoms with van der Waals surface area (Å²) >= 11 is 11.6. The number of anilines is 2. The number of aryl methyl sites for hydroxylation is 1. The molecule has 0 atom stereocenters. The van der Waals surface area contributed by atoms with Gasteiger partial charge in [-0.05, 0) is 42.8 Å². The van der Waals surface area contributed by atoms with Gasteiger partial charge in [-0.25, -0.2) is 4.98 Å². The molecular formula is C14H11Cl2N3O2. The Balaban J connectivity index is 2.04. The molecule has 0 fully saturated rings. The van der Waals surface area contributed by atoms with Crippen LogP contribution in [0.3, 0.4) is 0 Å². The summed E-state index contributed by atoms with van der Waals surface area (Å²) in [6.45, 7) is 1.85. The van der Waals surface area contributed by atoms with Gasteiger partial charge in [-0.3, -0.25) is 9.59 Å². The van der Waals surface area contributed by atoms with Gasteiger partial charge in [0.25, 0.3) is 0 Å². The van der Waals surface area contributed by atoms with E-state index in [-0.39, 0.29) is 0 Å². The van der Waals surface area contributed by atoms with Crippen LogP contribution in [0.1, 0.15) is 5.56 Å². The van der Waals surface area contributed by atoms with E-state index in [1.54, 1.807) is 18.3 Å². The molecule has 2 rings (SSSR count). The Bertz CT molecular complexity index is 684. The Morgan fingerprint density at radius 3 is 2.24 bits per heavy atom. The zero-order valence-electron chi connectivity index (χ0n) is 11.0. The lowest BCUT2D eigenvalue weighted by Gasteiger charge is -2.07. The fourth-order valence-corrected chi connectivity index (χ4v) is 2.12. The fourth-order valence-electron chi connectivity index (χ4n) is 1.59. The third-order valence-corrected chi connectivity index (χ3v) is 2.92. The highest BCUT2D eigenvalue weighted by Crippen LogP contribution is 2.22. The summed E-state index contributed by atoms with van der Waals surface area (Å²) in [5.74, 6) is -1.36. The second-order valence-corrected chi connectivity index (χ2v) is 5.16. The maximum Gasteiger partial charge on any atom is 0.315 e. The van der Waals surface area contributed by atoms with Gasteiger partial charge >= 0.3 is 11.8 Å². The van der Waals surface area contributed by atoms with E-state index in [0.29, 0.717) is 21.6 Å². The van der Waals surface area contributed by atoms with Crippen molar-refractivity contribution in [2.75, 3.05) is 10.6 Å². The van der Waals surface area contributed by atoms with Crippen LogP contribution in [0.25, 0.3) is 0 Å². The van der Waals surface area contributed by atoms with Crippen molar-refractivity contribution in [3.05, 3.63) is 52.1 Å². The highest BCUT2D eigenvalue weighted by atomic mass is 35.5. The van der Waals surface area contributed by atoms with E-state index in [1.807, 2.05) is 6.92 Å². The van der Waals surface area contributed by atoms with Crippen LogP contribution in [0.4, 0.5) is 11.5 Å². The largest absolute Gasteiger partial charge is 0.318 e. The van der Waals surface area contributed by atoms with Crippen LogP contribution in [0.5, 0.6) is 0 Å². The highest BCUT2D eigenvalue weighted by molar-refractivity contribution is 6.44. The van der Waals surface area contributed by atoms with Gasteiger partial charge in [0.1, 0.15) is 5.82 Å². The number of carbonyl (C=O) groups excluding carboxylic acids is 2. The lowest BCUT2D eigenvalue weighted by atomic mass is 10.3. The number of rotatable bonds is 2. The first-order valence-corrected chi connectivity index (χ1v) is 6.71. The van der Waals surface area contributed by atoms with Crippen LogP contribution in [-0.4, -0.2) is 16.8 Å². The first kappa shape index (κ1) is 15.3. The molecule has 0 bridgehead atoms. The normalized spacial score (nSPS) is 10.0. The van der Waals surface area contributed by atoms with Crippen molar-refractivity contribution in [1.29, 1.82) is 0 Å². The van der Waals surface area contributed by atoms with Crippen LogP contribution in [0, 0.1) is 6.92 Å². The van der Waals surface area contributed by atoms with E-state index < -0.39 is 11.8 Å². The van der Waals surface area contributed by atoms with Crippen molar-refractivity contribution < 1.29 is 9.59 Å². The Hall–Kier alpha value is -2.11. The minimum absolute atomic E-state index is 0.305. The summed E-state index contributed by atoms with van der Waals surface area (Å²) in [6, 6.07) is 7.94. The Kier molecular flexibility index (Phi) is 4.77. The maximum absolute atomic E-state index is 11.8. The summed E-state index contributed by atoms with van der Waals surface area (Å²) in [4.78, 5) is 27.5. The van der Waals surface area contributed by atoms with Gasteiger partial charge in [0.15, 0.2) is 0 Å². The molecule has 0 unspecified atom stereocenters.